The number of anilines is 1. The summed E-state index contributed by atoms with van der Waals surface area (Å²) in [6, 6.07) is 12.0. The number of piperidine rings is 1. The van der Waals surface area contributed by atoms with Crippen molar-refractivity contribution in [2.24, 2.45) is 0 Å². The number of nitrogens with two attached hydrogens (primary N) is 1. The minimum Gasteiger partial charge on any atom is -0.383 e. The topological polar surface area (TPSA) is 108 Å². The smallest absolute Gasteiger partial charge is 0.262 e. The van der Waals surface area contributed by atoms with Gasteiger partial charge >= 0.3 is 0 Å². The number of nitrogen functional groups attached to an aromatic ring is 1. The molecule has 1 aliphatic rings. The average Bonchev–Trinajstić information content (AvgIpc) is 3.46. The molecule has 0 radical (unpaired) electrons. The molecule has 5 rings (SSSR count). The Morgan fingerprint density at radius 3 is 2.69 bits per heavy atom. The maximum atomic E-state index is 6.10. The normalized spacial score (nSPS) is 14.9. The third kappa shape index (κ3) is 3.50. The van der Waals surface area contributed by atoms with E-state index in [1.807, 2.05) is 47.3 Å². The fraction of sp³-hybridized carbons (Fsp3) is 0.238. The number of hydrogen-bond donors (Lipinski definition) is 2. The third-order valence-corrected chi connectivity index (χ3v) is 5.22. The maximum absolute atomic E-state index is 6.10. The summed E-state index contributed by atoms with van der Waals surface area (Å²) < 4.78 is 7.52. The van der Waals surface area contributed by atoms with Crippen LogP contribution in [0.5, 0.6) is 0 Å². The molecular formula is C21H21N7O. The van der Waals surface area contributed by atoms with Gasteiger partial charge in [-0.1, -0.05) is 35.5 Å². The van der Waals surface area contributed by atoms with Crippen molar-refractivity contribution in [2.45, 2.75) is 18.9 Å². The molecule has 1 aliphatic heterocycles. The van der Waals surface area contributed by atoms with Crippen molar-refractivity contribution in [3.63, 3.8) is 0 Å². The monoisotopic (exact) mass is 387 g/mol. The summed E-state index contributed by atoms with van der Waals surface area (Å²) in [7, 11) is 0. The molecular weight excluding hydrogens is 366 g/mol. The minimum absolute atomic E-state index is 0.349. The summed E-state index contributed by atoms with van der Waals surface area (Å²) in [5.41, 5.74) is 9.50. The molecule has 0 amide bonds. The molecule has 1 fully saturated rings. The van der Waals surface area contributed by atoms with E-state index >= 15 is 0 Å². The largest absolute Gasteiger partial charge is 0.383 e. The third-order valence-electron chi connectivity index (χ3n) is 5.22. The molecule has 0 spiro atoms. The molecule has 0 saturated carbocycles. The lowest BCUT2D eigenvalue weighted by Crippen LogP contribution is -2.29. The highest BCUT2D eigenvalue weighted by Crippen LogP contribution is 2.30. The molecule has 0 aliphatic carbocycles. The summed E-state index contributed by atoms with van der Waals surface area (Å²) in [6.07, 6.45) is 7.84. The Morgan fingerprint density at radius 1 is 1.03 bits per heavy atom. The minimum atomic E-state index is 0.349. The van der Waals surface area contributed by atoms with E-state index in [9.17, 15) is 0 Å². The molecule has 4 aromatic rings. The molecule has 0 atom stereocenters. The summed E-state index contributed by atoms with van der Waals surface area (Å²) in [4.78, 5) is 8.84. The lowest BCUT2D eigenvalue weighted by molar-refractivity contribution is 0.343. The van der Waals surface area contributed by atoms with E-state index in [0.717, 1.165) is 42.6 Å². The molecule has 8 heteroatoms. The van der Waals surface area contributed by atoms with Crippen LogP contribution in [0.4, 0.5) is 5.82 Å². The van der Waals surface area contributed by atoms with E-state index in [-0.39, 0.29) is 0 Å². The van der Waals surface area contributed by atoms with Gasteiger partial charge in [0.15, 0.2) is 0 Å². The standard InChI is InChI=1S/C21H21N7O/c22-19-18(21-26-20(27-29-21)14-4-2-1-3-5-14)10-15(11-24-19)16-12-25-28(13-16)17-6-8-23-9-7-17/h1-5,10-13,17,23H,6-9H2,(H2,22,24). The van der Waals surface area contributed by atoms with Crippen molar-refractivity contribution < 1.29 is 4.52 Å². The summed E-state index contributed by atoms with van der Waals surface area (Å²) in [6.45, 7) is 2.04. The highest BCUT2D eigenvalue weighted by Gasteiger charge is 2.18. The molecule has 3 N–H and O–H groups in total. The van der Waals surface area contributed by atoms with Crippen LogP contribution in [0, 0.1) is 0 Å². The Morgan fingerprint density at radius 2 is 1.86 bits per heavy atom. The molecule has 8 nitrogen and oxygen atoms in total. The van der Waals surface area contributed by atoms with Crippen LogP contribution in [0.2, 0.25) is 0 Å². The molecule has 4 heterocycles. The second-order valence-corrected chi connectivity index (χ2v) is 7.14. The number of nitrogens with one attached hydrogen (secondary N) is 1. The number of benzene rings is 1. The number of aromatic nitrogens is 5. The van der Waals surface area contributed by atoms with E-state index in [0.29, 0.717) is 29.1 Å². The Balaban J connectivity index is 1.45. The first-order chi connectivity index (χ1) is 14.3. The fourth-order valence-electron chi connectivity index (χ4n) is 3.60. The SMILES string of the molecule is Nc1ncc(-c2cnn(C3CCNCC3)c2)cc1-c1nc(-c2ccccc2)no1. The number of nitrogens with zero attached hydrogens (tertiary/aromatic N) is 5. The zero-order valence-electron chi connectivity index (χ0n) is 15.8. The zero-order chi connectivity index (χ0) is 19.6. The first kappa shape index (κ1) is 17.6. The van der Waals surface area contributed by atoms with Gasteiger partial charge in [-0.2, -0.15) is 10.1 Å². The van der Waals surface area contributed by atoms with Crippen LogP contribution in [-0.2, 0) is 0 Å². The van der Waals surface area contributed by atoms with Gasteiger partial charge in [0.2, 0.25) is 5.82 Å². The van der Waals surface area contributed by atoms with Gasteiger partial charge in [-0.15, -0.1) is 0 Å². The quantitative estimate of drug-likeness (QED) is 0.554. The summed E-state index contributed by atoms with van der Waals surface area (Å²) >= 11 is 0. The summed E-state index contributed by atoms with van der Waals surface area (Å²) in [5.74, 6) is 1.22. The van der Waals surface area contributed by atoms with Gasteiger partial charge in [-0.25, -0.2) is 4.98 Å². The van der Waals surface area contributed by atoms with Crippen molar-refractivity contribution >= 4 is 5.82 Å². The molecule has 146 valence electrons. The van der Waals surface area contributed by atoms with Gasteiger partial charge in [-0.3, -0.25) is 4.68 Å². The Kier molecular flexibility index (Phi) is 4.53. The molecule has 3 aromatic heterocycles. The van der Waals surface area contributed by atoms with Crippen LogP contribution >= 0.6 is 0 Å². The first-order valence-electron chi connectivity index (χ1n) is 9.68. The fourth-order valence-corrected chi connectivity index (χ4v) is 3.60. The van der Waals surface area contributed by atoms with Gasteiger partial charge in [0.1, 0.15) is 5.82 Å². The van der Waals surface area contributed by atoms with Gasteiger partial charge < -0.3 is 15.6 Å². The lowest BCUT2D eigenvalue weighted by Gasteiger charge is -2.22. The number of pyridine rings is 1. The molecule has 0 bridgehead atoms. The second-order valence-electron chi connectivity index (χ2n) is 7.14. The number of hydrogen-bond acceptors (Lipinski definition) is 7. The second kappa shape index (κ2) is 7.48. The van der Waals surface area contributed by atoms with Crippen molar-refractivity contribution in [3.05, 3.63) is 55.0 Å². The van der Waals surface area contributed by atoms with Crippen molar-refractivity contribution in [1.29, 1.82) is 0 Å². The first-order valence-corrected chi connectivity index (χ1v) is 9.68. The van der Waals surface area contributed by atoms with Crippen molar-refractivity contribution in [3.8, 4) is 34.0 Å². The van der Waals surface area contributed by atoms with Crippen molar-refractivity contribution in [1.82, 2.24) is 30.2 Å². The van der Waals surface area contributed by atoms with E-state index in [1.165, 1.54) is 0 Å². The average molecular weight is 387 g/mol. The van der Waals surface area contributed by atoms with Crippen molar-refractivity contribution in [2.75, 3.05) is 18.8 Å². The van der Waals surface area contributed by atoms with Crippen LogP contribution in [0.15, 0.2) is 59.5 Å². The Labute approximate surface area is 167 Å². The van der Waals surface area contributed by atoms with Gasteiger partial charge in [-0.05, 0) is 32.0 Å². The van der Waals surface area contributed by atoms with Gasteiger partial charge in [0.05, 0.1) is 17.8 Å². The van der Waals surface area contributed by atoms with E-state index in [4.69, 9.17) is 10.3 Å². The zero-order valence-corrected chi connectivity index (χ0v) is 15.8. The molecule has 0 unspecified atom stereocenters. The number of rotatable bonds is 4. The maximum Gasteiger partial charge on any atom is 0.262 e. The Bertz CT molecular complexity index is 1110. The summed E-state index contributed by atoms with van der Waals surface area (Å²) in [5, 5.41) is 12.0. The lowest BCUT2D eigenvalue weighted by atomic mass is 10.1. The van der Waals surface area contributed by atoms with Crippen LogP contribution in [0.1, 0.15) is 18.9 Å². The van der Waals surface area contributed by atoms with Crippen LogP contribution in [0.25, 0.3) is 34.0 Å². The highest BCUT2D eigenvalue weighted by molar-refractivity contribution is 5.75. The predicted molar refractivity (Wildman–Crippen MR) is 110 cm³/mol. The predicted octanol–water partition coefficient (Wildman–Crippen LogP) is 3.17. The molecule has 1 aromatic carbocycles. The highest BCUT2D eigenvalue weighted by atomic mass is 16.5. The van der Waals surface area contributed by atoms with E-state index < -0.39 is 0 Å². The van der Waals surface area contributed by atoms with Gasteiger partial charge in [0, 0.05) is 29.1 Å². The van der Waals surface area contributed by atoms with Crippen LogP contribution < -0.4 is 11.1 Å². The van der Waals surface area contributed by atoms with E-state index in [2.05, 4.69) is 31.7 Å². The molecule has 29 heavy (non-hydrogen) atoms. The van der Waals surface area contributed by atoms with E-state index in [1.54, 1.807) is 6.20 Å². The molecule has 1 saturated heterocycles. The van der Waals surface area contributed by atoms with Crippen LogP contribution in [-0.4, -0.2) is 38.0 Å². The van der Waals surface area contributed by atoms with Crippen LogP contribution in [0.3, 0.4) is 0 Å². The Hall–Kier alpha value is -3.52. The van der Waals surface area contributed by atoms with Gasteiger partial charge in [0.25, 0.3) is 5.89 Å².